The Bertz CT molecular complexity index is 360. The van der Waals surface area contributed by atoms with Crippen molar-refractivity contribution in [3.8, 4) is 5.75 Å². The lowest BCUT2D eigenvalue weighted by molar-refractivity contribution is -0.131. The van der Waals surface area contributed by atoms with E-state index >= 15 is 0 Å². The SMILES string of the molecule is CC(C)Oc1ccc(C(N)COC2COC2)cc1. The summed E-state index contributed by atoms with van der Waals surface area (Å²) in [5.41, 5.74) is 7.13. The van der Waals surface area contributed by atoms with E-state index in [1.54, 1.807) is 0 Å². The van der Waals surface area contributed by atoms with Crippen LogP contribution in [0.15, 0.2) is 24.3 Å². The molecule has 4 heteroatoms. The largest absolute Gasteiger partial charge is 0.491 e. The van der Waals surface area contributed by atoms with Gasteiger partial charge in [0.05, 0.1) is 32.0 Å². The lowest BCUT2D eigenvalue weighted by atomic mass is 10.1. The van der Waals surface area contributed by atoms with Gasteiger partial charge < -0.3 is 19.9 Å². The van der Waals surface area contributed by atoms with Gasteiger partial charge >= 0.3 is 0 Å². The van der Waals surface area contributed by atoms with Gasteiger partial charge in [0.15, 0.2) is 0 Å². The first-order valence-corrected chi connectivity index (χ1v) is 6.36. The summed E-state index contributed by atoms with van der Waals surface area (Å²) < 4.78 is 16.2. The van der Waals surface area contributed by atoms with Crippen molar-refractivity contribution in [2.24, 2.45) is 5.73 Å². The third kappa shape index (κ3) is 3.70. The van der Waals surface area contributed by atoms with Crippen LogP contribution in [0.3, 0.4) is 0 Å². The summed E-state index contributed by atoms with van der Waals surface area (Å²) in [6, 6.07) is 7.77. The fraction of sp³-hybridized carbons (Fsp3) is 0.571. The molecule has 1 aliphatic rings. The van der Waals surface area contributed by atoms with Crippen molar-refractivity contribution >= 4 is 0 Å². The molecule has 0 saturated carbocycles. The van der Waals surface area contributed by atoms with Gasteiger partial charge in [0.1, 0.15) is 11.9 Å². The molecule has 0 radical (unpaired) electrons. The lowest BCUT2D eigenvalue weighted by Crippen LogP contribution is -2.37. The van der Waals surface area contributed by atoms with Crippen LogP contribution in [0, 0.1) is 0 Å². The molecule has 1 atom stereocenters. The van der Waals surface area contributed by atoms with Crippen LogP contribution in [0.5, 0.6) is 5.75 Å². The molecule has 1 aromatic rings. The summed E-state index contributed by atoms with van der Waals surface area (Å²) in [4.78, 5) is 0. The van der Waals surface area contributed by atoms with Gasteiger partial charge in [-0.2, -0.15) is 0 Å². The maximum absolute atomic E-state index is 6.07. The molecule has 1 fully saturated rings. The predicted octanol–water partition coefficient (Wildman–Crippen LogP) is 1.89. The van der Waals surface area contributed by atoms with Crippen molar-refractivity contribution in [1.29, 1.82) is 0 Å². The molecule has 1 aliphatic heterocycles. The fourth-order valence-electron chi connectivity index (χ4n) is 1.71. The molecule has 0 bridgehead atoms. The fourth-order valence-corrected chi connectivity index (χ4v) is 1.71. The van der Waals surface area contributed by atoms with Crippen LogP contribution in [0.25, 0.3) is 0 Å². The highest BCUT2D eigenvalue weighted by Gasteiger charge is 2.20. The molecule has 1 aromatic carbocycles. The smallest absolute Gasteiger partial charge is 0.119 e. The Hall–Kier alpha value is -1.10. The molecular weight excluding hydrogens is 230 g/mol. The van der Waals surface area contributed by atoms with E-state index in [-0.39, 0.29) is 18.2 Å². The molecule has 100 valence electrons. The topological polar surface area (TPSA) is 53.7 Å². The van der Waals surface area contributed by atoms with Crippen LogP contribution >= 0.6 is 0 Å². The lowest BCUT2D eigenvalue weighted by Gasteiger charge is -2.27. The number of nitrogens with two attached hydrogens (primary N) is 1. The molecule has 1 saturated heterocycles. The van der Waals surface area contributed by atoms with Crippen molar-refractivity contribution in [1.82, 2.24) is 0 Å². The van der Waals surface area contributed by atoms with Gasteiger partial charge in [-0.05, 0) is 31.5 Å². The molecule has 0 spiro atoms. The Morgan fingerprint density at radius 1 is 1.28 bits per heavy atom. The summed E-state index contributed by atoms with van der Waals surface area (Å²) in [6.45, 7) is 5.92. The van der Waals surface area contributed by atoms with E-state index in [9.17, 15) is 0 Å². The molecule has 0 aromatic heterocycles. The van der Waals surface area contributed by atoms with Gasteiger partial charge in [0, 0.05) is 0 Å². The Balaban J connectivity index is 1.83. The first-order valence-electron chi connectivity index (χ1n) is 6.36. The highest BCUT2D eigenvalue weighted by molar-refractivity contribution is 5.29. The molecule has 18 heavy (non-hydrogen) atoms. The number of rotatable bonds is 6. The third-order valence-corrected chi connectivity index (χ3v) is 2.80. The second-order valence-electron chi connectivity index (χ2n) is 4.83. The van der Waals surface area contributed by atoms with Gasteiger partial charge in [0.2, 0.25) is 0 Å². The second-order valence-corrected chi connectivity index (χ2v) is 4.83. The number of hydrogen-bond donors (Lipinski definition) is 1. The van der Waals surface area contributed by atoms with Crippen molar-refractivity contribution in [3.63, 3.8) is 0 Å². The van der Waals surface area contributed by atoms with Crippen molar-refractivity contribution in [3.05, 3.63) is 29.8 Å². The van der Waals surface area contributed by atoms with Crippen LogP contribution in [-0.2, 0) is 9.47 Å². The van der Waals surface area contributed by atoms with Crippen LogP contribution in [0.2, 0.25) is 0 Å². The monoisotopic (exact) mass is 251 g/mol. The highest BCUT2D eigenvalue weighted by atomic mass is 16.6. The minimum absolute atomic E-state index is 0.0984. The molecule has 1 unspecified atom stereocenters. The van der Waals surface area contributed by atoms with Crippen LogP contribution in [0.1, 0.15) is 25.5 Å². The summed E-state index contributed by atoms with van der Waals surface area (Å²) in [6.07, 6.45) is 0.408. The van der Waals surface area contributed by atoms with Crippen LogP contribution in [-0.4, -0.2) is 32.0 Å². The van der Waals surface area contributed by atoms with E-state index in [0.717, 1.165) is 11.3 Å². The zero-order valence-electron chi connectivity index (χ0n) is 11.0. The number of benzene rings is 1. The number of hydrogen-bond acceptors (Lipinski definition) is 4. The van der Waals surface area contributed by atoms with Crippen molar-refractivity contribution < 1.29 is 14.2 Å². The molecule has 1 heterocycles. The standard InChI is InChI=1S/C14H21NO3/c1-10(2)18-12-5-3-11(4-6-12)14(15)9-17-13-7-16-8-13/h3-6,10,13-14H,7-9,15H2,1-2H3. The molecule has 0 aliphatic carbocycles. The average Bonchev–Trinajstić information content (AvgIpc) is 2.27. The minimum atomic E-state index is -0.0984. The molecule has 4 nitrogen and oxygen atoms in total. The average molecular weight is 251 g/mol. The van der Waals surface area contributed by atoms with Crippen LogP contribution in [0.4, 0.5) is 0 Å². The van der Waals surface area contributed by atoms with Gasteiger partial charge in [-0.25, -0.2) is 0 Å². The van der Waals surface area contributed by atoms with E-state index in [4.69, 9.17) is 19.9 Å². The number of ether oxygens (including phenoxy) is 3. The second kappa shape index (κ2) is 6.18. The quantitative estimate of drug-likeness (QED) is 0.839. The van der Waals surface area contributed by atoms with E-state index in [1.165, 1.54) is 0 Å². The summed E-state index contributed by atoms with van der Waals surface area (Å²) >= 11 is 0. The third-order valence-electron chi connectivity index (χ3n) is 2.80. The normalized spacial score (nSPS) is 17.6. The van der Waals surface area contributed by atoms with Crippen molar-refractivity contribution in [2.75, 3.05) is 19.8 Å². The maximum Gasteiger partial charge on any atom is 0.119 e. The van der Waals surface area contributed by atoms with Gasteiger partial charge in [-0.15, -0.1) is 0 Å². The summed E-state index contributed by atoms with van der Waals surface area (Å²) in [5, 5.41) is 0. The first kappa shape index (κ1) is 13.3. The zero-order valence-corrected chi connectivity index (χ0v) is 11.0. The Morgan fingerprint density at radius 2 is 1.94 bits per heavy atom. The first-order chi connectivity index (χ1) is 8.65. The van der Waals surface area contributed by atoms with Gasteiger partial charge in [-0.1, -0.05) is 12.1 Å². The Kier molecular flexibility index (Phi) is 4.58. The molecular formula is C14H21NO3. The summed E-state index contributed by atoms with van der Waals surface area (Å²) in [7, 11) is 0. The van der Waals surface area contributed by atoms with E-state index in [2.05, 4.69) is 0 Å². The highest BCUT2D eigenvalue weighted by Crippen LogP contribution is 2.18. The Labute approximate surface area is 108 Å². The van der Waals surface area contributed by atoms with Gasteiger partial charge in [0.25, 0.3) is 0 Å². The van der Waals surface area contributed by atoms with E-state index in [0.29, 0.717) is 19.8 Å². The molecule has 2 rings (SSSR count). The van der Waals surface area contributed by atoms with E-state index < -0.39 is 0 Å². The summed E-state index contributed by atoms with van der Waals surface area (Å²) in [5.74, 6) is 0.870. The Morgan fingerprint density at radius 3 is 2.44 bits per heavy atom. The maximum atomic E-state index is 6.07. The molecule has 2 N–H and O–H groups in total. The predicted molar refractivity (Wildman–Crippen MR) is 69.7 cm³/mol. The van der Waals surface area contributed by atoms with Crippen LogP contribution < -0.4 is 10.5 Å². The van der Waals surface area contributed by atoms with Gasteiger partial charge in [-0.3, -0.25) is 0 Å². The zero-order chi connectivity index (χ0) is 13.0. The van der Waals surface area contributed by atoms with E-state index in [1.807, 2.05) is 38.1 Å². The minimum Gasteiger partial charge on any atom is -0.491 e. The van der Waals surface area contributed by atoms with Crippen molar-refractivity contribution in [2.45, 2.75) is 32.1 Å². The molecule has 0 amide bonds.